The Balaban J connectivity index is 0.00000132. The van der Waals surface area contributed by atoms with Crippen LogP contribution in [0, 0.1) is 5.41 Å². The lowest BCUT2D eigenvalue weighted by atomic mass is 9.87. The third-order valence-corrected chi connectivity index (χ3v) is 11.7. The SMILES string of the molecule is CC(C)(COP(=O)(O)OP(=O)(O)OC[C@H]1O[C@@H](n2cnc3c(N)ncnc32)[C@H](O)[C@@H]1OP(=O)(O)O)[C@@H](O)C(=O)NCCC(=O)NCCSC(=O)CCO.O=C(O)CC(=O)C(=O)O. The highest BCUT2D eigenvalue weighted by Crippen LogP contribution is 2.61. The summed E-state index contributed by atoms with van der Waals surface area (Å²) in [5.74, 6) is -5.69. The number of thioether (sulfide) groups is 1. The zero-order chi connectivity index (χ0) is 47.2. The number of imidazole rings is 1. The Bertz CT molecular complexity index is 2070. The van der Waals surface area contributed by atoms with E-state index in [4.69, 9.17) is 34.8 Å². The van der Waals surface area contributed by atoms with Crippen LogP contribution in [0.1, 0.15) is 39.3 Å². The molecule has 1 fully saturated rings. The normalized spacial score (nSPS) is 20.2. The number of aliphatic hydroxyl groups excluding tert-OH is 3. The van der Waals surface area contributed by atoms with Crippen molar-refractivity contribution < 1.29 is 110 Å². The number of nitrogens with zero attached hydrogens (tertiary/aromatic N) is 4. The van der Waals surface area contributed by atoms with Crippen LogP contribution in [0.15, 0.2) is 12.7 Å². The largest absolute Gasteiger partial charge is 0.481 e. The molecule has 350 valence electrons. The van der Waals surface area contributed by atoms with E-state index in [2.05, 4.69) is 34.4 Å². The van der Waals surface area contributed by atoms with Gasteiger partial charge in [0.25, 0.3) is 5.78 Å². The van der Waals surface area contributed by atoms with Gasteiger partial charge in [-0.05, 0) is 0 Å². The van der Waals surface area contributed by atoms with Crippen molar-refractivity contribution in [2.24, 2.45) is 5.41 Å². The first-order chi connectivity index (χ1) is 28.6. The van der Waals surface area contributed by atoms with E-state index in [9.17, 15) is 72.2 Å². The number of rotatable bonds is 24. The minimum absolute atomic E-state index is 0.0134. The molecule has 2 amide bonds. The van der Waals surface area contributed by atoms with Crippen molar-refractivity contribution in [3.8, 4) is 0 Å². The molecule has 3 heterocycles. The fourth-order valence-corrected chi connectivity index (χ4v) is 8.17. The molecule has 1 aliphatic heterocycles. The van der Waals surface area contributed by atoms with Crippen molar-refractivity contribution in [2.45, 2.75) is 63.8 Å². The maximum absolute atomic E-state index is 12.6. The van der Waals surface area contributed by atoms with Gasteiger partial charge in [0.15, 0.2) is 22.8 Å². The summed E-state index contributed by atoms with van der Waals surface area (Å²) >= 11 is 0.935. The number of anilines is 1. The highest BCUT2D eigenvalue weighted by Gasteiger charge is 2.50. The lowest BCUT2D eigenvalue weighted by Gasteiger charge is -2.30. The molecule has 1 aliphatic rings. The van der Waals surface area contributed by atoms with Crippen molar-refractivity contribution in [2.75, 3.05) is 44.4 Å². The van der Waals surface area contributed by atoms with Crippen LogP contribution in [-0.4, -0.2) is 162 Å². The van der Waals surface area contributed by atoms with Gasteiger partial charge in [-0.25, -0.2) is 33.4 Å². The topological polar surface area (TPSA) is 476 Å². The number of carboxylic acids is 2. The molecule has 1 saturated heterocycles. The minimum atomic E-state index is -5.57. The summed E-state index contributed by atoms with van der Waals surface area (Å²) in [7, 11) is -16.4. The Kier molecular flexibility index (Phi) is 20.8. The molecule has 13 N–H and O–H groups in total. The number of carbonyl (C=O) groups is 6. The Hall–Kier alpha value is -3.87. The van der Waals surface area contributed by atoms with Gasteiger partial charge in [-0.3, -0.25) is 42.1 Å². The number of amides is 2. The van der Waals surface area contributed by atoms with Crippen LogP contribution in [0.3, 0.4) is 0 Å². The summed E-state index contributed by atoms with van der Waals surface area (Å²) < 4.78 is 61.9. The summed E-state index contributed by atoms with van der Waals surface area (Å²) in [5, 5.41) is 50.3. The first-order valence-electron chi connectivity index (χ1n) is 17.2. The first kappa shape index (κ1) is 54.3. The zero-order valence-corrected chi connectivity index (χ0v) is 35.8. The number of ether oxygens (including phenoxy) is 1. The molecular formula is C28H44N7O23P3S. The summed E-state index contributed by atoms with van der Waals surface area (Å²) in [6.45, 7) is 0.0885. The number of aliphatic hydroxyl groups is 3. The molecule has 0 bridgehead atoms. The summed E-state index contributed by atoms with van der Waals surface area (Å²) in [5.41, 5.74) is 4.23. The number of fused-ring (bicyclic) bond motifs is 1. The molecule has 2 aromatic rings. The maximum atomic E-state index is 12.6. The van der Waals surface area contributed by atoms with E-state index in [1.165, 1.54) is 13.8 Å². The van der Waals surface area contributed by atoms with Gasteiger partial charge in [0.1, 0.15) is 42.7 Å². The van der Waals surface area contributed by atoms with Gasteiger partial charge >= 0.3 is 35.4 Å². The summed E-state index contributed by atoms with van der Waals surface area (Å²) in [6, 6.07) is 0. The van der Waals surface area contributed by atoms with Crippen LogP contribution in [0.2, 0.25) is 0 Å². The summed E-state index contributed by atoms with van der Waals surface area (Å²) in [6.07, 6.45) is -7.94. The molecule has 0 aliphatic carbocycles. The molecular weight excluding hydrogens is 927 g/mol. The number of ketones is 1. The van der Waals surface area contributed by atoms with Crippen LogP contribution >= 0.6 is 35.2 Å². The van der Waals surface area contributed by atoms with Gasteiger partial charge in [-0.15, -0.1) is 0 Å². The number of carboxylic acid groups (broad SMARTS) is 2. The number of Topliss-reactive ketones (excluding diaryl/α,β-unsaturated/α-hetero) is 1. The van der Waals surface area contributed by atoms with Gasteiger partial charge in [-0.1, -0.05) is 25.6 Å². The standard InChI is InChI=1S/C24H40N7O18P3S.C4H4O5/c1-24(2,19(36)22(37)27-5-3-14(33)26-6-8-53-15(34)4-7-32)10-46-52(43,44)49-51(41,42)45-9-13-18(48-50(38,39)40)17(35)23(47-13)31-12-30-16-20(25)28-11-29-21(16)31;5-2(4(8)9)1-3(6)7/h11-13,17-19,23,32,35-36H,3-10H2,1-2H3,(H,26,33)(H,27,37)(H,41,42)(H,43,44)(H2,25,28,29)(H2,38,39,40);1H2,(H,6,7)(H,8,9)/t13-,17-,18-,19+,23-;/m1./s1. The second kappa shape index (κ2) is 23.7. The van der Waals surface area contributed by atoms with E-state index >= 15 is 0 Å². The monoisotopic (exact) mass is 971 g/mol. The van der Waals surface area contributed by atoms with Gasteiger partial charge < -0.3 is 66.2 Å². The second-order valence-electron chi connectivity index (χ2n) is 13.1. The van der Waals surface area contributed by atoms with Crippen LogP contribution in [0.25, 0.3) is 11.2 Å². The molecule has 3 rings (SSSR count). The van der Waals surface area contributed by atoms with Gasteiger partial charge in [-0.2, -0.15) is 4.31 Å². The quantitative estimate of drug-likeness (QED) is 0.0218. The Morgan fingerprint density at radius 1 is 0.984 bits per heavy atom. The molecule has 0 spiro atoms. The number of hydrogen-bond acceptors (Lipinski definition) is 22. The van der Waals surface area contributed by atoms with E-state index in [-0.39, 0.29) is 60.4 Å². The van der Waals surface area contributed by atoms with Gasteiger partial charge in [0, 0.05) is 37.1 Å². The Morgan fingerprint density at radius 2 is 1.63 bits per heavy atom. The number of phosphoric ester groups is 3. The average Bonchev–Trinajstić information content (AvgIpc) is 3.71. The van der Waals surface area contributed by atoms with Crippen LogP contribution in [-0.2, 0) is 65.1 Å². The molecule has 7 atom stereocenters. The van der Waals surface area contributed by atoms with Crippen molar-refractivity contribution in [3.63, 3.8) is 0 Å². The van der Waals surface area contributed by atoms with E-state index in [0.717, 1.165) is 29.0 Å². The smallest absolute Gasteiger partial charge is 0.481 e. The highest BCUT2D eigenvalue weighted by molar-refractivity contribution is 8.13. The third kappa shape index (κ3) is 18.1. The number of nitrogens with two attached hydrogens (primary N) is 1. The molecule has 2 unspecified atom stereocenters. The van der Waals surface area contributed by atoms with Gasteiger partial charge in [0.2, 0.25) is 11.8 Å². The Morgan fingerprint density at radius 3 is 2.21 bits per heavy atom. The van der Waals surface area contributed by atoms with Gasteiger partial charge in [0.05, 0.1) is 26.1 Å². The number of nitrogen functional groups attached to an aromatic ring is 1. The minimum Gasteiger partial charge on any atom is -0.481 e. The van der Waals surface area contributed by atoms with E-state index in [0.29, 0.717) is 0 Å². The molecule has 0 saturated carbocycles. The lowest BCUT2D eigenvalue weighted by Crippen LogP contribution is -2.46. The maximum Gasteiger partial charge on any atom is 0.481 e. The number of aromatic nitrogens is 4. The van der Waals surface area contributed by atoms with Crippen LogP contribution < -0.4 is 16.4 Å². The summed E-state index contributed by atoms with van der Waals surface area (Å²) in [4.78, 5) is 116. The first-order valence-corrected chi connectivity index (χ1v) is 22.7. The number of nitrogens with one attached hydrogen (secondary N) is 2. The lowest BCUT2D eigenvalue weighted by molar-refractivity contribution is -0.152. The predicted molar refractivity (Wildman–Crippen MR) is 204 cm³/mol. The van der Waals surface area contributed by atoms with Crippen LogP contribution in [0.5, 0.6) is 0 Å². The van der Waals surface area contributed by atoms with Crippen molar-refractivity contribution >= 4 is 86.9 Å². The third-order valence-electron chi connectivity index (χ3n) is 7.63. The fourth-order valence-electron chi connectivity index (χ4n) is 4.67. The van der Waals surface area contributed by atoms with E-state index in [1.807, 2.05) is 0 Å². The van der Waals surface area contributed by atoms with Crippen LogP contribution in [0.4, 0.5) is 5.82 Å². The molecule has 30 nitrogen and oxygen atoms in total. The fraction of sp³-hybridized carbons (Fsp3) is 0.607. The molecule has 2 aromatic heterocycles. The van der Waals surface area contributed by atoms with Crippen molar-refractivity contribution in [1.82, 2.24) is 30.2 Å². The van der Waals surface area contributed by atoms with E-state index in [1.54, 1.807) is 0 Å². The zero-order valence-electron chi connectivity index (χ0n) is 32.3. The van der Waals surface area contributed by atoms with Crippen molar-refractivity contribution in [3.05, 3.63) is 12.7 Å². The molecule has 0 radical (unpaired) electrons. The number of carbonyl (C=O) groups excluding carboxylic acids is 4. The number of aliphatic carboxylic acids is 2. The van der Waals surface area contributed by atoms with Crippen molar-refractivity contribution in [1.29, 1.82) is 0 Å². The highest BCUT2D eigenvalue weighted by atomic mass is 32.2. The Labute approximate surface area is 352 Å². The second-order valence-corrected chi connectivity index (χ2v) is 18.5. The number of phosphoric acid groups is 3. The molecule has 34 heteroatoms. The molecule has 62 heavy (non-hydrogen) atoms. The number of hydrogen-bond donors (Lipinski definition) is 12. The predicted octanol–water partition coefficient (Wildman–Crippen LogP) is -2.84. The average molecular weight is 972 g/mol. The molecule has 0 aromatic carbocycles. The van der Waals surface area contributed by atoms with E-state index < -0.39 is 109 Å².